The van der Waals surface area contributed by atoms with Crippen molar-refractivity contribution in [2.75, 3.05) is 20.3 Å². The van der Waals surface area contributed by atoms with E-state index in [1.165, 1.54) is 0 Å². The Morgan fingerprint density at radius 1 is 1.38 bits per heavy atom. The molecule has 1 N–H and O–H groups in total. The molecule has 80 valence electrons. The van der Waals surface area contributed by atoms with Crippen LogP contribution in [-0.2, 0) is 8.92 Å². The van der Waals surface area contributed by atoms with Gasteiger partial charge in [-0.05, 0) is 19.3 Å². The average Bonchev–Trinajstić information content (AvgIpc) is 2.04. The maximum Gasteiger partial charge on any atom is 0.0815 e. The minimum absolute atomic E-state index is 0.106. The molecule has 0 aliphatic heterocycles. The summed E-state index contributed by atoms with van der Waals surface area (Å²) >= 11 is 3.79. The van der Waals surface area contributed by atoms with E-state index < -0.39 is 0 Å². The third-order valence-corrected chi connectivity index (χ3v) is 2.16. The Hall–Kier alpha value is 0.230. The van der Waals surface area contributed by atoms with Gasteiger partial charge < -0.3 is 14.2 Å². The Morgan fingerprint density at radius 3 is 2.31 bits per heavy atom. The zero-order valence-electron chi connectivity index (χ0n) is 8.96. The van der Waals surface area contributed by atoms with Crippen molar-refractivity contribution in [3.8, 4) is 0 Å². The van der Waals surface area contributed by atoms with E-state index in [9.17, 15) is 0 Å². The molecule has 3 nitrogen and oxygen atoms in total. The molecule has 0 amide bonds. The van der Waals surface area contributed by atoms with Crippen LogP contribution in [0.4, 0.5) is 0 Å². The van der Waals surface area contributed by atoms with Gasteiger partial charge in [0.25, 0.3) is 0 Å². The lowest BCUT2D eigenvalue weighted by Gasteiger charge is -2.34. The number of ether oxygens (including phenoxy) is 1. The first-order valence-electron chi connectivity index (χ1n) is 4.63. The molecule has 0 radical (unpaired) electrons. The summed E-state index contributed by atoms with van der Waals surface area (Å²) in [5.74, 6) is 0. The Kier molecular flexibility index (Phi) is 6.77. The van der Waals surface area contributed by atoms with Gasteiger partial charge in [-0.2, -0.15) is 0 Å². The lowest BCUT2D eigenvalue weighted by Crippen LogP contribution is -2.54. The first kappa shape index (κ1) is 13.2. The molecular formula is C9H21NO2S. The van der Waals surface area contributed by atoms with Gasteiger partial charge in [0.15, 0.2) is 0 Å². The van der Waals surface area contributed by atoms with Crippen molar-refractivity contribution in [2.24, 2.45) is 0 Å². The number of hydrogen-bond donors (Lipinski definition) is 2. The molecule has 0 rings (SSSR count). The van der Waals surface area contributed by atoms with Gasteiger partial charge in [0.2, 0.25) is 0 Å². The smallest absolute Gasteiger partial charge is 0.0815 e. The highest BCUT2D eigenvalue weighted by Crippen LogP contribution is 2.13. The first-order chi connectivity index (χ1) is 6.10. The second-order valence-electron chi connectivity index (χ2n) is 3.64. The second kappa shape index (κ2) is 6.65. The third kappa shape index (κ3) is 4.86. The monoisotopic (exact) mass is 207 g/mol. The van der Waals surface area contributed by atoms with Crippen LogP contribution in [0.2, 0.25) is 0 Å². The quantitative estimate of drug-likeness (QED) is 0.491. The summed E-state index contributed by atoms with van der Waals surface area (Å²) in [5, 5.41) is 3.45. The fourth-order valence-corrected chi connectivity index (χ4v) is 1.69. The van der Waals surface area contributed by atoms with E-state index in [0.717, 1.165) is 6.42 Å². The van der Waals surface area contributed by atoms with Gasteiger partial charge in [-0.25, -0.2) is 0 Å². The van der Waals surface area contributed by atoms with Crippen molar-refractivity contribution in [3.05, 3.63) is 0 Å². The molecule has 0 aromatic heterocycles. The van der Waals surface area contributed by atoms with E-state index in [1.807, 2.05) is 0 Å². The lowest BCUT2D eigenvalue weighted by atomic mass is 9.97. The van der Waals surface area contributed by atoms with Crippen LogP contribution in [0.3, 0.4) is 0 Å². The Balaban J connectivity index is 4.24. The van der Waals surface area contributed by atoms with Crippen LogP contribution in [-0.4, -0.2) is 31.9 Å². The normalized spacial score (nSPS) is 16.2. The van der Waals surface area contributed by atoms with Crippen molar-refractivity contribution < 1.29 is 8.92 Å². The van der Waals surface area contributed by atoms with Crippen LogP contribution in [0.25, 0.3) is 0 Å². The molecule has 13 heavy (non-hydrogen) atoms. The van der Waals surface area contributed by atoms with E-state index in [4.69, 9.17) is 8.92 Å². The van der Waals surface area contributed by atoms with Crippen molar-refractivity contribution in [1.29, 1.82) is 0 Å². The largest absolute Gasteiger partial charge is 0.383 e. The van der Waals surface area contributed by atoms with E-state index in [-0.39, 0.29) is 5.54 Å². The number of thiol groups is 1. The van der Waals surface area contributed by atoms with Crippen LogP contribution >= 0.6 is 12.9 Å². The van der Waals surface area contributed by atoms with Crippen LogP contribution in [0.5, 0.6) is 0 Å². The van der Waals surface area contributed by atoms with E-state index >= 15 is 0 Å². The number of hydrogen-bond acceptors (Lipinski definition) is 4. The van der Waals surface area contributed by atoms with Gasteiger partial charge in [0, 0.05) is 13.2 Å². The van der Waals surface area contributed by atoms with Gasteiger partial charge in [-0.15, -0.1) is 0 Å². The van der Waals surface area contributed by atoms with Crippen LogP contribution in [0.15, 0.2) is 0 Å². The minimum atomic E-state index is -0.106. The van der Waals surface area contributed by atoms with Gasteiger partial charge in [-0.1, -0.05) is 20.8 Å². The Bertz CT molecular complexity index is 125. The minimum Gasteiger partial charge on any atom is -0.383 e. The number of methoxy groups -OCH3 is 1. The Labute approximate surface area is 86.8 Å². The maximum atomic E-state index is 5.18. The van der Waals surface area contributed by atoms with Gasteiger partial charge in [0.1, 0.15) is 0 Å². The molecule has 0 spiro atoms. The summed E-state index contributed by atoms with van der Waals surface area (Å²) in [6.07, 6.45) is 0.958. The van der Waals surface area contributed by atoms with Crippen molar-refractivity contribution in [2.45, 2.75) is 38.8 Å². The summed E-state index contributed by atoms with van der Waals surface area (Å²) < 4.78 is 10.1. The molecule has 0 saturated heterocycles. The highest BCUT2D eigenvalue weighted by molar-refractivity contribution is 7.75. The van der Waals surface area contributed by atoms with E-state index in [2.05, 4.69) is 39.0 Å². The maximum absolute atomic E-state index is 5.18. The van der Waals surface area contributed by atoms with Gasteiger partial charge in [-0.3, -0.25) is 0 Å². The van der Waals surface area contributed by atoms with Crippen LogP contribution in [0, 0.1) is 0 Å². The van der Waals surface area contributed by atoms with Gasteiger partial charge >= 0.3 is 0 Å². The number of rotatable bonds is 7. The molecule has 0 fully saturated rings. The van der Waals surface area contributed by atoms with Crippen LogP contribution < -0.4 is 5.32 Å². The first-order valence-corrected chi connectivity index (χ1v) is 4.99. The van der Waals surface area contributed by atoms with E-state index in [0.29, 0.717) is 19.3 Å². The van der Waals surface area contributed by atoms with Crippen LogP contribution in [0.1, 0.15) is 27.2 Å². The molecule has 0 aromatic rings. The standard InChI is InChI=1S/C9H21NO2S/c1-5-9(6-11-4,7-12-13)10-8(2)3/h8,10,13H,5-7H2,1-4H3. The zero-order valence-corrected chi connectivity index (χ0v) is 9.86. The molecule has 0 aliphatic carbocycles. The average molecular weight is 207 g/mol. The summed E-state index contributed by atoms with van der Waals surface area (Å²) in [6.45, 7) is 7.53. The molecule has 0 bridgehead atoms. The summed E-state index contributed by atoms with van der Waals surface area (Å²) in [7, 11) is 1.70. The second-order valence-corrected chi connectivity index (χ2v) is 3.90. The highest BCUT2D eigenvalue weighted by Gasteiger charge is 2.28. The van der Waals surface area contributed by atoms with E-state index in [1.54, 1.807) is 7.11 Å². The predicted molar refractivity (Wildman–Crippen MR) is 58.1 cm³/mol. The summed E-state index contributed by atoms with van der Waals surface area (Å²) in [4.78, 5) is 0. The zero-order chi connectivity index (χ0) is 10.3. The third-order valence-electron chi connectivity index (χ3n) is 2.03. The fourth-order valence-electron chi connectivity index (χ4n) is 1.44. The molecule has 0 heterocycles. The highest BCUT2D eigenvalue weighted by atomic mass is 32.1. The lowest BCUT2D eigenvalue weighted by molar-refractivity contribution is 0.0695. The Morgan fingerprint density at radius 2 is 2.00 bits per heavy atom. The summed E-state index contributed by atoms with van der Waals surface area (Å²) in [6, 6.07) is 0.415. The molecule has 4 heteroatoms. The summed E-state index contributed by atoms with van der Waals surface area (Å²) in [5.41, 5.74) is -0.106. The molecule has 0 saturated carbocycles. The molecule has 0 aromatic carbocycles. The molecule has 0 aliphatic rings. The fraction of sp³-hybridized carbons (Fsp3) is 1.00. The number of nitrogens with one attached hydrogen (secondary N) is 1. The molecule has 1 atom stereocenters. The van der Waals surface area contributed by atoms with Gasteiger partial charge in [0.05, 0.1) is 18.8 Å². The molecule has 1 unspecified atom stereocenters. The topological polar surface area (TPSA) is 30.5 Å². The molecular weight excluding hydrogens is 186 g/mol. The van der Waals surface area contributed by atoms with Crippen molar-refractivity contribution in [3.63, 3.8) is 0 Å². The van der Waals surface area contributed by atoms with Crippen molar-refractivity contribution in [1.82, 2.24) is 5.32 Å². The van der Waals surface area contributed by atoms with Crippen molar-refractivity contribution >= 4 is 12.9 Å². The SMILES string of the molecule is CCC(COC)(COS)NC(C)C. The predicted octanol–water partition coefficient (Wildman–Crippen LogP) is 1.64.